The number of anilines is 2. The van der Waals surface area contributed by atoms with Gasteiger partial charge in [-0.1, -0.05) is 27.7 Å². The minimum absolute atomic E-state index is 0.0478. The van der Waals surface area contributed by atoms with Crippen LogP contribution in [0.5, 0.6) is 0 Å². The molecular weight excluding hydrogens is 410 g/mol. The fourth-order valence-electron chi connectivity index (χ4n) is 4.60. The summed E-state index contributed by atoms with van der Waals surface area (Å²) >= 11 is 0. The van der Waals surface area contributed by atoms with Crippen LogP contribution in [-0.2, 0) is 4.74 Å². The van der Waals surface area contributed by atoms with Crippen LogP contribution in [0.1, 0.15) is 70.3 Å². The third-order valence-corrected chi connectivity index (χ3v) is 6.47. The topological polar surface area (TPSA) is 100 Å². The van der Waals surface area contributed by atoms with Gasteiger partial charge in [-0.25, -0.2) is 9.78 Å². The summed E-state index contributed by atoms with van der Waals surface area (Å²) in [5, 5.41) is 14.8. The Labute approximate surface area is 188 Å². The van der Waals surface area contributed by atoms with Gasteiger partial charge in [-0.2, -0.15) is 9.61 Å². The maximum Gasteiger partial charge on any atom is 0.413 e. The lowest BCUT2D eigenvalue weighted by Gasteiger charge is -2.41. The van der Waals surface area contributed by atoms with Gasteiger partial charge in [0.05, 0.1) is 6.10 Å². The monoisotopic (exact) mass is 443 g/mol. The van der Waals surface area contributed by atoms with Crippen molar-refractivity contribution in [2.45, 2.75) is 71.9 Å². The van der Waals surface area contributed by atoms with Gasteiger partial charge in [0.25, 0.3) is 0 Å². The summed E-state index contributed by atoms with van der Waals surface area (Å²) in [4.78, 5) is 33.2. The zero-order valence-electron chi connectivity index (χ0n) is 19.4. The van der Waals surface area contributed by atoms with E-state index in [0.29, 0.717) is 43.0 Å². The molecule has 4 rings (SSSR count). The van der Waals surface area contributed by atoms with E-state index in [4.69, 9.17) is 9.72 Å². The predicted molar refractivity (Wildman–Crippen MR) is 122 cm³/mol. The van der Waals surface area contributed by atoms with E-state index in [1.54, 1.807) is 19.1 Å². The van der Waals surface area contributed by atoms with E-state index in [-0.39, 0.29) is 23.3 Å². The number of rotatable bonds is 5. The minimum atomic E-state index is -1.04. The molecule has 32 heavy (non-hydrogen) atoms. The zero-order chi connectivity index (χ0) is 23.0. The highest BCUT2D eigenvalue weighted by Gasteiger charge is 2.38. The van der Waals surface area contributed by atoms with Crippen molar-refractivity contribution in [3.05, 3.63) is 17.8 Å². The van der Waals surface area contributed by atoms with Crippen LogP contribution in [0, 0.1) is 5.41 Å². The van der Waals surface area contributed by atoms with Crippen molar-refractivity contribution in [1.82, 2.24) is 14.6 Å². The SMILES string of the molecule is CCC(=O)c1cc2nc(N3CCCC3)cc(N(C(=O)O)C3CCOC(C(C)(C)C)C3)n2n1. The van der Waals surface area contributed by atoms with Crippen molar-refractivity contribution in [1.29, 1.82) is 0 Å². The molecule has 2 unspecified atom stereocenters. The molecule has 2 aromatic heterocycles. The van der Waals surface area contributed by atoms with Crippen molar-refractivity contribution < 1.29 is 19.4 Å². The fraction of sp³-hybridized carbons (Fsp3) is 0.652. The number of carboxylic acid groups (broad SMARTS) is 1. The van der Waals surface area contributed by atoms with E-state index < -0.39 is 6.09 Å². The summed E-state index contributed by atoms with van der Waals surface area (Å²) < 4.78 is 7.49. The largest absolute Gasteiger partial charge is 0.465 e. The lowest BCUT2D eigenvalue weighted by atomic mass is 9.83. The lowest BCUT2D eigenvalue weighted by Crippen LogP contribution is -2.49. The Kier molecular flexibility index (Phi) is 6.11. The van der Waals surface area contributed by atoms with Gasteiger partial charge in [0.2, 0.25) is 0 Å². The molecule has 1 amide bonds. The second-order valence-corrected chi connectivity index (χ2v) is 9.80. The van der Waals surface area contributed by atoms with E-state index in [1.807, 2.05) is 0 Å². The van der Waals surface area contributed by atoms with Gasteiger partial charge in [-0.3, -0.25) is 9.69 Å². The molecule has 0 aromatic carbocycles. The van der Waals surface area contributed by atoms with Crippen molar-refractivity contribution in [2.24, 2.45) is 5.41 Å². The molecule has 2 atom stereocenters. The molecular formula is C23H33N5O4. The summed E-state index contributed by atoms with van der Waals surface area (Å²) in [5.41, 5.74) is 0.709. The number of hydrogen-bond donors (Lipinski definition) is 1. The maximum atomic E-state index is 12.6. The van der Waals surface area contributed by atoms with Gasteiger partial charge in [0.15, 0.2) is 11.4 Å². The quantitative estimate of drug-likeness (QED) is 0.697. The van der Waals surface area contributed by atoms with Gasteiger partial charge < -0.3 is 14.7 Å². The molecule has 0 saturated carbocycles. The Morgan fingerprint density at radius 3 is 2.59 bits per heavy atom. The summed E-state index contributed by atoms with van der Waals surface area (Å²) in [5.74, 6) is 1.06. The van der Waals surface area contributed by atoms with E-state index in [9.17, 15) is 14.7 Å². The van der Waals surface area contributed by atoms with Gasteiger partial charge >= 0.3 is 6.09 Å². The molecule has 0 aliphatic carbocycles. The third-order valence-electron chi connectivity index (χ3n) is 6.47. The zero-order valence-corrected chi connectivity index (χ0v) is 19.4. The Balaban J connectivity index is 1.82. The number of Topliss-reactive ketones (excluding diaryl/α,β-unsaturated/α-hetero) is 1. The van der Waals surface area contributed by atoms with Crippen molar-refractivity contribution in [3.8, 4) is 0 Å². The van der Waals surface area contributed by atoms with E-state index in [2.05, 4.69) is 30.8 Å². The van der Waals surface area contributed by atoms with Crippen LogP contribution in [0.25, 0.3) is 5.65 Å². The molecule has 9 nitrogen and oxygen atoms in total. The molecule has 174 valence electrons. The summed E-state index contributed by atoms with van der Waals surface area (Å²) in [6.45, 7) is 10.4. The molecule has 9 heteroatoms. The Morgan fingerprint density at radius 2 is 1.97 bits per heavy atom. The molecule has 2 saturated heterocycles. The number of nitrogens with zero attached hydrogens (tertiary/aromatic N) is 5. The Morgan fingerprint density at radius 1 is 1.25 bits per heavy atom. The summed E-state index contributed by atoms with van der Waals surface area (Å²) in [6, 6.07) is 3.22. The first-order valence-electron chi connectivity index (χ1n) is 11.5. The first-order valence-corrected chi connectivity index (χ1v) is 11.5. The Hall–Kier alpha value is -2.68. The Bertz CT molecular complexity index is 1010. The van der Waals surface area contributed by atoms with Gasteiger partial charge in [0.1, 0.15) is 17.3 Å². The van der Waals surface area contributed by atoms with Crippen molar-refractivity contribution in [3.63, 3.8) is 0 Å². The molecule has 4 heterocycles. The number of amides is 1. The highest BCUT2D eigenvalue weighted by atomic mass is 16.5. The van der Waals surface area contributed by atoms with E-state index in [0.717, 1.165) is 31.7 Å². The molecule has 2 aromatic rings. The number of hydrogen-bond acceptors (Lipinski definition) is 6. The second-order valence-electron chi connectivity index (χ2n) is 9.80. The number of fused-ring (bicyclic) bond motifs is 1. The van der Waals surface area contributed by atoms with Gasteiger partial charge in [0, 0.05) is 44.3 Å². The van der Waals surface area contributed by atoms with Crippen molar-refractivity contribution >= 4 is 29.2 Å². The molecule has 0 radical (unpaired) electrons. The third kappa shape index (κ3) is 4.30. The lowest BCUT2D eigenvalue weighted by molar-refractivity contribution is -0.0540. The molecule has 0 spiro atoms. The first kappa shape index (κ1) is 22.5. The van der Waals surface area contributed by atoms with Crippen LogP contribution in [0.3, 0.4) is 0 Å². The number of ether oxygens (including phenoxy) is 1. The van der Waals surface area contributed by atoms with Gasteiger partial charge in [-0.15, -0.1) is 0 Å². The minimum Gasteiger partial charge on any atom is -0.465 e. The van der Waals surface area contributed by atoms with Crippen molar-refractivity contribution in [2.75, 3.05) is 29.5 Å². The maximum absolute atomic E-state index is 12.6. The fourth-order valence-corrected chi connectivity index (χ4v) is 4.60. The van der Waals surface area contributed by atoms with Crippen LogP contribution in [0.4, 0.5) is 16.4 Å². The van der Waals surface area contributed by atoms with E-state index in [1.165, 1.54) is 9.42 Å². The second kappa shape index (κ2) is 8.69. The standard InChI is InChI=1S/C23H33N5O4/c1-5-17(29)16-13-20-24-19(26-9-6-7-10-26)14-21(28(20)25-16)27(22(30)31)15-8-11-32-18(12-15)23(2,3)4/h13-15,18H,5-12H2,1-4H3,(H,30,31). The molecule has 2 fully saturated rings. The summed E-state index contributed by atoms with van der Waals surface area (Å²) in [6.07, 6.45) is 2.60. The number of ketones is 1. The molecule has 2 aliphatic heterocycles. The highest BCUT2D eigenvalue weighted by molar-refractivity contribution is 5.95. The number of carbonyl (C=O) groups is 2. The van der Waals surface area contributed by atoms with Crippen LogP contribution in [-0.4, -0.2) is 63.4 Å². The molecule has 0 bridgehead atoms. The van der Waals surface area contributed by atoms with Crippen LogP contribution in [0.15, 0.2) is 12.1 Å². The number of aromatic nitrogens is 3. The van der Waals surface area contributed by atoms with Crippen LogP contribution < -0.4 is 9.80 Å². The highest BCUT2D eigenvalue weighted by Crippen LogP contribution is 2.35. The van der Waals surface area contributed by atoms with Crippen LogP contribution in [0.2, 0.25) is 0 Å². The molecule has 2 aliphatic rings. The predicted octanol–water partition coefficient (Wildman–Crippen LogP) is 4.00. The normalized spacial score (nSPS) is 21.8. The molecule has 1 N–H and O–H groups in total. The summed E-state index contributed by atoms with van der Waals surface area (Å²) in [7, 11) is 0. The smallest absolute Gasteiger partial charge is 0.413 e. The average Bonchev–Trinajstić information content (AvgIpc) is 3.42. The van der Waals surface area contributed by atoms with Crippen LogP contribution >= 0.6 is 0 Å². The van der Waals surface area contributed by atoms with Gasteiger partial charge in [-0.05, 0) is 31.1 Å². The first-order chi connectivity index (χ1) is 15.2. The number of carbonyl (C=O) groups excluding carboxylic acids is 1. The average molecular weight is 444 g/mol. The van der Waals surface area contributed by atoms with E-state index >= 15 is 0 Å².